The smallest absolute Gasteiger partial charge is 0.207 e. The zero-order valence-electron chi connectivity index (χ0n) is 9.01. The number of nitrogen functional groups attached to an aromatic ring is 2. The molecular weight excluding hydrogens is 250 g/mol. The number of thiophene rings is 1. The molecule has 8 heteroatoms. The predicted octanol–water partition coefficient (Wildman–Crippen LogP) is 0.519. The van der Waals surface area contributed by atoms with Crippen molar-refractivity contribution in [3.05, 3.63) is 16.5 Å². The molecule has 0 spiro atoms. The molecule has 0 atom stereocenters. The summed E-state index contributed by atoms with van der Waals surface area (Å²) < 4.78 is 0. The Balaban J connectivity index is 2.76. The summed E-state index contributed by atoms with van der Waals surface area (Å²) in [7, 11) is 0. The van der Waals surface area contributed by atoms with Crippen LogP contribution in [0, 0.1) is 22.8 Å². The van der Waals surface area contributed by atoms with Gasteiger partial charge in [0, 0.05) is 5.39 Å². The molecule has 0 bridgehead atoms. The van der Waals surface area contributed by atoms with Crippen LogP contribution in [0.25, 0.3) is 10.2 Å². The van der Waals surface area contributed by atoms with Crippen molar-refractivity contribution in [2.45, 2.75) is 0 Å². The van der Waals surface area contributed by atoms with Crippen molar-refractivity contribution in [1.29, 1.82) is 10.5 Å². The Hall–Kier alpha value is -2.84. The monoisotopic (exact) mass is 257 g/mol. The molecule has 0 aliphatic carbocycles. The number of amidine groups is 1. The summed E-state index contributed by atoms with van der Waals surface area (Å²) >= 11 is 1.17. The Labute approximate surface area is 106 Å². The Kier molecular flexibility index (Phi) is 2.72. The lowest BCUT2D eigenvalue weighted by molar-refractivity contribution is 1.40. The van der Waals surface area contributed by atoms with Crippen molar-refractivity contribution in [2.75, 3.05) is 11.5 Å². The fourth-order valence-corrected chi connectivity index (χ4v) is 2.43. The van der Waals surface area contributed by atoms with Crippen molar-refractivity contribution in [1.82, 2.24) is 4.98 Å². The van der Waals surface area contributed by atoms with Crippen molar-refractivity contribution in [3.8, 4) is 12.3 Å². The van der Waals surface area contributed by atoms with Gasteiger partial charge in [0.15, 0.2) is 5.84 Å². The van der Waals surface area contributed by atoms with Gasteiger partial charge in [-0.2, -0.15) is 15.5 Å². The minimum Gasteiger partial charge on any atom is -0.397 e. The first-order chi connectivity index (χ1) is 8.58. The van der Waals surface area contributed by atoms with E-state index in [1.165, 1.54) is 11.3 Å². The number of pyridine rings is 1. The number of nitrogens with zero attached hydrogens (tertiary/aromatic N) is 4. The highest BCUT2D eigenvalue weighted by Gasteiger charge is 2.15. The summed E-state index contributed by atoms with van der Waals surface area (Å²) in [6.45, 7) is 0. The van der Waals surface area contributed by atoms with Gasteiger partial charge in [0.05, 0.1) is 16.1 Å². The molecule has 2 heterocycles. The van der Waals surface area contributed by atoms with E-state index in [1.807, 2.05) is 6.07 Å². The largest absolute Gasteiger partial charge is 0.397 e. The van der Waals surface area contributed by atoms with E-state index in [2.05, 4.69) is 9.98 Å². The molecule has 0 aliphatic heterocycles. The number of fused-ring (bicyclic) bond motifs is 1. The SMILES string of the molecule is N#CN=C(N)c1sc2nc(N)c(C#N)cc2c1N. The minimum atomic E-state index is 0.0232. The highest BCUT2D eigenvalue weighted by atomic mass is 32.1. The lowest BCUT2D eigenvalue weighted by Gasteiger charge is -1.97. The van der Waals surface area contributed by atoms with Crippen LogP contribution in [0.5, 0.6) is 0 Å². The molecule has 18 heavy (non-hydrogen) atoms. The zero-order chi connectivity index (χ0) is 13.3. The summed E-state index contributed by atoms with van der Waals surface area (Å²) in [6, 6.07) is 3.47. The van der Waals surface area contributed by atoms with E-state index in [0.717, 1.165) is 0 Å². The topological polar surface area (TPSA) is 151 Å². The van der Waals surface area contributed by atoms with E-state index < -0.39 is 0 Å². The summed E-state index contributed by atoms with van der Waals surface area (Å²) in [5.41, 5.74) is 17.7. The molecular formula is C10H7N7S. The van der Waals surface area contributed by atoms with Gasteiger partial charge in [-0.15, -0.1) is 11.3 Å². The maximum atomic E-state index is 8.87. The first kappa shape index (κ1) is 11.6. The lowest BCUT2D eigenvalue weighted by Crippen LogP contribution is -2.12. The number of hydrogen-bond donors (Lipinski definition) is 3. The summed E-state index contributed by atoms with van der Waals surface area (Å²) in [6.07, 6.45) is 1.59. The van der Waals surface area contributed by atoms with E-state index >= 15 is 0 Å². The Morgan fingerprint density at radius 2 is 2.11 bits per heavy atom. The quantitative estimate of drug-likeness (QED) is 0.384. The van der Waals surface area contributed by atoms with Gasteiger partial charge in [-0.3, -0.25) is 0 Å². The second-order valence-corrected chi connectivity index (χ2v) is 4.33. The average Bonchev–Trinajstić information content (AvgIpc) is 2.65. The highest BCUT2D eigenvalue weighted by molar-refractivity contribution is 7.21. The van der Waals surface area contributed by atoms with E-state index in [9.17, 15) is 0 Å². The highest BCUT2D eigenvalue weighted by Crippen LogP contribution is 2.33. The normalized spacial score (nSPS) is 11.1. The number of hydrogen-bond acceptors (Lipinski definition) is 7. The standard InChI is InChI=1S/C10H7N7S/c11-2-4-1-5-6(13)7(9(15)16-3-12)18-10(5)17-8(4)14/h1H,13H2,(H2,14,17)(H2,15,16). The van der Waals surface area contributed by atoms with Gasteiger partial charge in [-0.1, -0.05) is 0 Å². The lowest BCUT2D eigenvalue weighted by atomic mass is 10.2. The van der Waals surface area contributed by atoms with Crippen LogP contribution in [0.15, 0.2) is 11.1 Å². The second-order valence-electron chi connectivity index (χ2n) is 3.33. The summed E-state index contributed by atoms with van der Waals surface area (Å²) in [5, 5.41) is 17.9. The number of anilines is 2. The number of rotatable bonds is 1. The van der Waals surface area contributed by atoms with E-state index in [-0.39, 0.29) is 17.2 Å². The molecule has 0 radical (unpaired) electrons. The zero-order valence-corrected chi connectivity index (χ0v) is 9.82. The molecule has 0 saturated heterocycles. The van der Waals surface area contributed by atoms with Crippen LogP contribution in [0.4, 0.5) is 11.5 Å². The molecule has 2 aromatic heterocycles. The van der Waals surface area contributed by atoms with E-state index in [0.29, 0.717) is 20.8 Å². The van der Waals surface area contributed by atoms with E-state index in [4.69, 9.17) is 27.7 Å². The first-order valence-corrected chi connectivity index (χ1v) is 5.51. The van der Waals surface area contributed by atoms with Gasteiger partial charge < -0.3 is 17.2 Å². The van der Waals surface area contributed by atoms with Crippen LogP contribution in [0.1, 0.15) is 10.4 Å². The van der Waals surface area contributed by atoms with Gasteiger partial charge in [-0.25, -0.2) is 4.98 Å². The molecule has 2 rings (SSSR count). The van der Waals surface area contributed by atoms with Crippen LogP contribution in [0.3, 0.4) is 0 Å². The fraction of sp³-hybridized carbons (Fsp3) is 0. The first-order valence-electron chi connectivity index (χ1n) is 4.69. The third kappa shape index (κ3) is 1.67. The number of aliphatic imine (C=N–C) groups is 1. The third-order valence-electron chi connectivity index (χ3n) is 2.27. The van der Waals surface area contributed by atoms with Crippen LogP contribution in [-0.2, 0) is 0 Å². The Bertz CT molecular complexity index is 744. The maximum Gasteiger partial charge on any atom is 0.207 e. The summed E-state index contributed by atoms with van der Waals surface area (Å²) in [4.78, 5) is 8.50. The maximum absolute atomic E-state index is 8.87. The number of aromatic nitrogens is 1. The molecule has 0 saturated carbocycles. The Morgan fingerprint density at radius 3 is 2.72 bits per heavy atom. The van der Waals surface area contributed by atoms with E-state index in [1.54, 1.807) is 12.3 Å². The molecule has 0 amide bonds. The molecule has 0 aromatic carbocycles. The van der Waals surface area contributed by atoms with Gasteiger partial charge in [0.1, 0.15) is 16.7 Å². The molecule has 0 unspecified atom stereocenters. The molecule has 2 aromatic rings. The molecule has 7 nitrogen and oxygen atoms in total. The van der Waals surface area contributed by atoms with Crippen LogP contribution in [-0.4, -0.2) is 10.8 Å². The van der Waals surface area contributed by atoms with Gasteiger partial charge in [0.25, 0.3) is 0 Å². The second kappa shape index (κ2) is 4.20. The number of nitriles is 2. The Morgan fingerprint density at radius 1 is 1.39 bits per heavy atom. The third-order valence-corrected chi connectivity index (χ3v) is 3.41. The van der Waals surface area contributed by atoms with Crippen molar-refractivity contribution in [3.63, 3.8) is 0 Å². The van der Waals surface area contributed by atoms with Crippen LogP contribution >= 0.6 is 11.3 Å². The van der Waals surface area contributed by atoms with Gasteiger partial charge in [0.2, 0.25) is 6.19 Å². The average molecular weight is 257 g/mol. The van der Waals surface area contributed by atoms with Gasteiger partial charge in [-0.05, 0) is 6.07 Å². The van der Waals surface area contributed by atoms with Crippen LogP contribution < -0.4 is 17.2 Å². The molecule has 6 N–H and O–H groups in total. The van der Waals surface area contributed by atoms with Crippen molar-refractivity contribution >= 4 is 38.9 Å². The minimum absolute atomic E-state index is 0.0232. The predicted molar refractivity (Wildman–Crippen MR) is 69.5 cm³/mol. The van der Waals surface area contributed by atoms with Crippen molar-refractivity contribution < 1.29 is 0 Å². The molecule has 0 fully saturated rings. The number of nitrogens with two attached hydrogens (primary N) is 3. The molecule has 0 aliphatic rings. The van der Waals surface area contributed by atoms with Crippen molar-refractivity contribution in [2.24, 2.45) is 10.7 Å². The summed E-state index contributed by atoms with van der Waals surface area (Å²) in [5.74, 6) is 0.156. The molecule has 88 valence electrons. The van der Waals surface area contributed by atoms with Gasteiger partial charge >= 0.3 is 0 Å². The van der Waals surface area contributed by atoms with Crippen LogP contribution in [0.2, 0.25) is 0 Å². The fourth-order valence-electron chi connectivity index (χ4n) is 1.44.